The van der Waals surface area contributed by atoms with Gasteiger partial charge in [-0.3, -0.25) is 9.89 Å². The lowest BCUT2D eigenvalue weighted by Gasteiger charge is -2.44. The first-order valence-corrected chi connectivity index (χ1v) is 10.7. The summed E-state index contributed by atoms with van der Waals surface area (Å²) in [6.45, 7) is 0.822. The second-order valence-electron chi connectivity index (χ2n) is 8.80. The van der Waals surface area contributed by atoms with Crippen molar-refractivity contribution < 1.29 is 4.79 Å². The Morgan fingerprint density at radius 3 is 2.57 bits per heavy atom. The summed E-state index contributed by atoms with van der Waals surface area (Å²) in [5.74, 6) is 3.01. The monoisotopic (exact) mass is 379 g/mol. The largest absolute Gasteiger partial charge is 0.332 e. The predicted octanol–water partition coefficient (Wildman–Crippen LogP) is 3.29. The van der Waals surface area contributed by atoms with E-state index in [2.05, 4.69) is 15.1 Å². The molecule has 148 valence electrons. The van der Waals surface area contributed by atoms with Crippen molar-refractivity contribution >= 4 is 5.91 Å². The minimum Gasteiger partial charge on any atom is -0.332 e. The number of nitrogens with zero attached hydrogens (tertiary/aromatic N) is 3. The Labute approximate surface area is 165 Å². The molecule has 2 bridgehead atoms. The molecule has 2 saturated carbocycles. The summed E-state index contributed by atoms with van der Waals surface area (Å²) in [5.41, 5.74) is 7.42. The second kappa shape index (κ2) is 7.32. The van der Waals surface area contributed by atoms with Crippen molar-refractivity contribution in [1.29, 1.82) is 0 Å². The highest BCUT2D eigenvalue weighted by Crippen LogP contribution is 2.44. The van der Waals surface area contributed by atoms with E-state index in [1.54, 1.807) is 0 Å². The molecule has 3 atom stereocenters. The zero-order valence-electron chi connectivity index (χ0n) is 16.3. The molecule has 6 heteroatoms. The SMILES string of the molecule is NC1C2CCCC1CC(C(=O)N1CCCC1c1nc(-c3ccccc3)n[nH]1)C2. The van der Waals surface area contributed by atoms with Crippen molar-refractivity contribution in [2.45, 2.75) is 57.0 Å². The van der Waals surface area contributed by atoms with Crippen LogP contribution in [-0.2, 0) is 4.79 Å². The fourth-order valence-electron chi connectivity index (χ4n) is 5.68. The normalized spacial score (nSPS) is 32.5. The third-order valence-electron chi connectivity index (χ3n) is 7.15. The van der Waals surface area contributed by atoms with Gasteiger partial charge in [0, 0.05) is 24.1 Å². The number of aromatic amines is 1. The van der Waals surface area contributed by atoms with E-state index in [1.807, 2.05) is 30.3 Å². The summed E-state index contributed by atoms with van der Waals surface area (Å²) >= 11 is 0. The minimum atomic E-state index is 0.0212. The highest BCUT2D eigenvalue weighted by molar-refractivity contribution is 5.79. The Morgan fingerprint density at radius 2 is 1.82 bits per heavy atom. The van der Waals surface area contributed by atoms with Gasteiger partial charge in [0.1, 0.15) is 5.82 Å². The first-order valence-electron chi connectivity index (χ1n) is 10.7. The molecular weight excluding hydrogens is 350 g/mol. The number of fused-ring (bicyclic) bond motifs is 2. The van der Waals surface area contributed by atoms with Crippen molar-refractivity contribution in [2.75, 3.05) is 6.54 Å². The van der Waals surface area contributed by atoms with Crippen LogP contribution >= 0.6 is 0 Å². The van der Waals surface area contributed by atoms with E-state index >= 15 is 0 Å². The molecule has 5 rings (SSSR count). The van der Waals surface area contributed by atoms with Crippen LogP contribution in [0.5, 0.6) is 0 Å². The third kappa shape index (κ3) is 3.13. The van der Waals surface area contributed by atoms with Crippen LogP contribution in [0.15, 0.2) is 30.3 Å². The molecule has 3 fully saturated rings. The van der Waals surface area contributed by atoms with Gasteiger partial charge < -0.3 is 10.6 Å². The van der Waals surface area contributed by atoms with Crippen LogP contribution in [0.25, 0.3) is 11.4 Å². The molecule has 1 saturated heterocycles. The van der Waals surface area contributed by atoms with Gasteiger partial charge in [0.25, 0.3) is 0 Å². The van der Waals surface area contributed by atoms with E-state index in [-0.39, 0.29) is 12.0 Å². The topological polar surface area (TPSA) is 87.9 Å². The zero-order valence-corrected chi connectivity index (χ0v) is 16.3. The molecule has 1 amide bonds. The molecule has 3 unspecified atom stereocenters. The molecule has 2 heterocycles. The van der Waals surface area contributed by atoms with E-state index in [0.29, 0.717) is 29.6 Å². The lowest BCUT2D eigenvalue weighted by Crippen LogP contribution is -2.49. The quantitative estimate of drug-likeness (QED) is 0.856. The van der Waals surface area contributed by atoms with E-state index in [4.69, 9.17) is 10.7 Å². The third-order valence-corrected chi connectivity index (χ3v) is 7.15. The Bertz CT molecular complexity index is 820. The Balaban J connectivity index is 1.33. The van der Waals surface area contributed by atoms with Gasteiger partial charge >= 0.3 is 0 Å². The first kappa shape index (κ1) is 17.9. The maximum Gasteiger partial charge on any atom is 0.226 e. The fourth-order valence-corrected chi connectivity index (χ4v) is 5.68. The van der Waals surface area contributed by atoms with Gasteiger partial charge in [0.15, 0.2) is 5.82 Å². The van der Waals surface area contributed by atoms with Crippen molar-refractivity contribution in [3.63, 3.8) is 0 Å². The lowest BCUT2D eigenvalue weighted by atomic mass is 9.65. The molecule has 1 aromatic carbocycles. The summed E-state index contributed by atoms with van der Waals surface area (Å²) in [6, 6.07) is 10.3. The first-order chi connectivity index (χ1) is 13.7. The molecule has 3 N–H and O–H groups in total. The average molecular weight is 380 g/mol. The highest BCUT2D eigenvalue weighted by Gasteiger charge is 2.43. The molecule has 0 spiro atoms. The van der Waals surface area contributed by atoms with Gasteiger partial charge in [-0.2, -0.15) is 5.10 Å². The number of amides is 1. The molecule has 6 nitrogen and oxygen atoms in total. The maximum absolute atomic E-state index is 13.4. The number of carbonyl (C=O) groups is 1. The number of aromatic nitrogens is 3. The van der Waals surface area contributed by atoms with Gasteiger partial charge in [-0.25, -0.2) is 4.98 Å². The molecule has 1 aromatic heterocycles. The molecule has 1 aliphatic heterocycles. The summed E-state index contributed by atoms with van der Waals surface area (Å²) in [7, 11) is 0. The van der Waals surface area contributed by atoms with Gasteiger partial charge in [0.05, 0.1) is 6.04 Å². The lowest BCUT2D eigenvalue weighted by molar-refractivity contribution is -0.139. The maximum atomic E-state index is 13.4. The molecule has 2 aliphatic carbocycles. The van der Waals surface area contributed by atoms with E-state index < -0.39 is 0 Å². The van der Waals surface area contributed by atoms with E-state index in [0.717, 1.165) is 43.6 Å². The molecule has 0 radical (unpaired) electrons. The van der Waals surface area contributed by atoms with Crippen LogP contribution in [0.3, 0.4) is 0 Å². The van der Waals surface area contributed by atoms with Crippen LogP contribution in [-0.4, -0.2) is 38.6 Å². The minimum absolute atomic E-state index is 0.0212. The molecule has 28 heavy (non-hydrogen) atoms. The Kier molecular flexibility index (Phi) is 4.67. The number of hydrogen-bond acceptors (Lipinski definition) is 4. The van der Waals surface area contributed by atoms with E-state index in [1.165, 1.54) is 19.3 Å². The smallest absolute Gasteiger partial charge is 0.226 e. The van der Waals surface area contributed by atoms with Crippen molar-refractivity contribution in [1.82, 2.24) is 20.1 Å². The van der Waals surface area contributed by atoms with Gasteiger partial charge in [-0.05, 0) is 50.4 Å². The predicted molar refractivity (Wildman–Crippen MR) is 107 cm³/mol. The van der Waals surface area contributed by atoms with Gasteiger partial charge in [0.2, 0.25) is 5.91 Å². The van der Waals surface area contributed by atoms with E-state index in [9.17, 15) is 4.79 Å². The average Bonchev–Trinajstić information content (AvgIpc) is 3.37. The summed E-state index contributed by atoms with van der Waals surface area (Å²) < 4.78 is 0. The van der Waals surface area contributed by atoms with Gasteiger partial charge in [-0.15, -0.1) is 0 Å². The van der Waals surface area contributed by atoms with Crippen LogP contribution < -0.4 is 5.73 Å². The molecule has 3 aliphatic rings. The van der Waals surface area contributed by atoms with Crippen LogP contribution in [0.4, 0.5) is 0 Å². The zero-order chi connectivity index (χ0) is 19.1. The summed E-state index contributed by atoms with van der Waals surface area (Å²) in [4.78, 5) is 20.2. The standard InChI is InChI=1S/C22H29N5O/c23-19-15-8-4-9-16(19)13-17(12-15)22(28)27-11-5-10-18(27)21-24-20(25-26-21)14-6-2-1-3-7-14/h1-3,6-7,15-19H,4-5,8-13,23H2,(H,24,25,26). The van der Waals surface area contributed by atoms with Crippen molar-refractivity contribution in [3.8, 4) is 11.4 Å². The number of nitrogens with one attached hydrogen (secondary N) is 1. The number of rotatable bonds is 3. The number of H-pyrrole nitrogens is 1. The van der Waals surface area contributed by atoms with Crippen LogP contribution in [0.1, 0.15) is 56.8 Å². The van der Waals surface area contributed by atoms with Crippen LogP contribution in [0, 0.1) is 17.8 Å². The fraction of sp³-hybridized carbons (Fsp3) is 0.591. The summed E-state index contributed by atoms with van der Waals surface area (Å²) in [6.07, 6.45) is 7.55. The Morgan fingerprint density at radius 1 is 1.07 bits per heavy atom. The Hall–Kier alpha value is -2.21. The van der Waals surface area contributed by atoms with Crippen molar-refractivity contribution in [2.24, 2.45) is 23.5 Å². The number of benzene rings is 1. The van der Waals surface area contributed by atoms with Crippen LogP contribution in [0.2, 0.25) is 0 Å². The number of hydrogen-bond donors (Lipinski definition) is 2. The number of likely N-dealkylation sites (tertiary alicyclic amines) is 1. The number of nitrogens with two attached hydrogens (primary N) is 1. The van der Waals surface area contributed by atoms with Gasteiger partial charge in [-0.1, -0.05) is 36.8 Å². The molecule has 2 aromatic rings. The summed E-state index contributed by atoms with van der Waals surface area (Å²) in [5, 5.41) is 7.51. The molecular formula is C22H29N5O. The number of carbonyl (C=O) groups excluding carboxylic acids is 1. The second-order valence-corrected chi connectivity index (χ2v) is 8.80. The van der Waals surface area contributed by atoms with Crippen molar-refractivity contribution in [3.05, 3.63) is 36.2 Å². The highest BCUT2D eigenvalue weighted by atomic mass is 16.2.